The fourth-order valence-electron chi connectivity index (χ4n) is 6.58. The number of piperidine rings is 1. The molecule has 1 N–H and O–H groups in total. The first-order valence-electron chi connectivity index (χ1n) is 10.5. The summed E-state index contributed by atoms with van der Waals surface area (Å²) in [6.07, 6.45) is 10.3. The Kier molecular flexibility index (Phi) is 4.56. The van der Waals surface area contributed by atoms with Crippen LogP contribution in [0.2, 0.25) is 5.02 Å². The van der Waals surface area contributed by atoms with E-state index in [4.69, 9.17) is 11.6 Å². The number of halogens is 1. The van der Waals surface area contributed by atoms with Gasteiger partial charge in [0.15, 0.2) is 0 Å². The number of likely N-dealkylation sites (tertiary alicyclic amines) is 1. The van der Waals surface area contributed by atoms with Gasteiger partial charge in [-0.3, -0.25) is 4.90 Å². The second-order valence-electron chi connectivity index (χ2n) is 9.30. The first kappa shape index (κ1) is 16.6. The van der Waals surface area contributed by atoms with Crippen LogP contribution >= 0.6 is 11.6 Å². The summed E-state index contributed by atoms with van der Waals surface area (Å²) >= 11 is 6.00. The Hall–Kier alpha value is -0.570. The van der Waals surface area contributed by atoms with E-state index in [2.05, 4.69) is 22.3 Å². The quantitative estimate of drug-likeness (QED) is 0.837. The van der Waals surface area contributed by atoms with Gasteiger partial charge in [0, 0.05) is 23.7 Å². The summed E-state index contributed by atoms with van der Waals surface area (Å²) in [7, 11) is 0. The monoisotopic (exact) mass is 358 g/mol. The standard InChI is InChI=1S/C22H31ClN2/c23-20-3-1-15(2-4-20)14-25-7-5-21(6-8-25)24-22-18-10-16-9-17(12-18)13-19(22)11-16/h1-4,16-19,21-22,24H,5-14H2. The summed E-state index contributed by atoms with van der Waals surface area (Å²) in [5.74, 6) is 4.18. The second-order valence-corrected chi connectivity index (χ2v) is 9.74. The maximum atomic E-state index is 6.00. The third-order valence-corrected chi connectivity index (χ3v) is 7.81. The second kappa shape index (κ2) is 6.87. The van der Waals surface area contributed by atoms with Gasteiger partial charge < -0.3 is 5.32 Å². The zero-order valence-electron chi connectivity index (χ0n) is 15.2. The molecule has 1 aliphatic heterocycles. The molecule has 1 aromatic carbocycles. The number of hydrogen-bond donors (Lipinski definition) is 1. The van der Waals surface area contributed by atoms with E-state index in [1.54, 1.807) is 6.42 Å². The number of hydrogen-bond acceptors (Lipinski definition) is 2. The molecular weight excluding hydrogens is 328 g/mol. The molecule has 136 valence electrons. The molecule has 0 atom stereocenters. The fourth-order valence-corrected chi connectivity index (χ4v) is 6.70. The molecule has 1 heterocycles. The lowest BCUT2D eigenvalue weighted by Gasteiger charge is -2.55. The van der Waals surface area contributed by atoms with E-state index >= 15 is 0 Å². The summed E-state index contributed by atoms with van der Waals surface area (Å²) in [5, 5.41) is 4.98. The average Bonchev–Trinajstić information content (AvgIpc) is 2.61. The van der Waals surface area contributed by atoms with Crippen LogP contribution in [0.1, 0.15) is 50.5 Å². The minimum atomic E-state index is 0.754. The summed E-state index contributed by atoms with van der Waals surface area (Å²) in [6, 6.07) is 9.96. The summed E-state index contributed by atoms with van der Waals surface area (Å²) in [6.45, 7) is 3.53. The van der Waals surface area contributed by atoms with E-state index in [9.17, 15) is 0 Å². The van der Waals surface area contributed by atoms with Crippen LogP contribution in [-0.2, 0) is 6.54 Å². The van der Waals surface area contributed by atoms with Crippen molar-refractivity contribution in [2.24, 2.45) is 23.7 Å². The van der Waals surface area contributed by atoms with Crippen molar-refractivity contribution in [3.05, 3.63) is 34.9 Å². The predicted molar refractivity (Wildman–Crippen MR) is 104 cm³/mol. The maximum Gasteiger partial charge on any atom is 0.0406 e. The van der Waals surface area contributed by atoms with E-state index in [0.717, 1.165) is 47.3 Å². The van der Waals surface area contributed by atoms with Crippen molar-refractivity contribution < 1.29 is 0 Å². The van der Waals surface area contributed by atoms with Crippen molar-refractivity contribution in [2.45, 2.75) is 63.6 Å². The zero-order chi connectivity index (χ0) is 16.8. The highest BCUT2D eigenvalue weighted by atomic mass is 35.5. The number of nitrogens with zero attached hydrogens (tertiary/aromatic N) is 1. The first-order valence-corrected chi connectivity index (χ1v) is 10.8. The van der Waals surface area contributed by atoms with Crippen LogP contribution in [0.5, 0.6) is 0 Å². The average molecular weight is 359 g/mol. The van der Waals surface area contributed by atoms with Gasteiger partial charge >= 0.3 is 0 Å². The normalized spacial score (nSPS) is 38.4. The molecule has 4 saturated carbocycles. The van der Waals surface area contributed by atoms with Gasteiger partial charge in [-0.25, -0.2) is 0 Å². The van der Waals surface area contributed by atoms with Crippen LogP contribution in [0.25, 0.3) is 0 Å². The highest BCUT2D eigenvalue weighted by Gasteiger charge is 2.48. The van der Waals surface area contributed by atoms with Gasteiger partial charge in [-0.1, -0.05) is 23.7 Å². The van der Waals surface area contributed by atoms with Crippen molar-refractivity contribution in [3.63, 3.8) is 0 Å². The molecule has 5 aliphatic rings. The van der Waals surface area contributed by atoms with E-state index in [1.165, 1.54) is 57.2 Å². The smallest absolute Gasteiger partial charge is 0.0406 e. The molecular formula is C22H31ClN2. The third-order valence-electron chi connectivity index (χ3n) is 7.56. The van der Waals surface area contributed by atoms with Gasteiger partial charge in [0.2, 0.25) is 0 Å². The van der Waals surface area contributed by atoms with Gasteiger partial charge in [0.25, 0.3) is 0 Å². The molecule has 25 heavy (non-hydrogen) atoms. The predicted octanol–water partition coefficient (Wildman–Crippen LogP) is 4.72. The van der Waals surface area contributed by atoms with Crippen LogP contribution < -0.4 is 5.32 Å². The highest BCUT2D eigenvalue weighted by molar-refractivity contribution is 6.30. The van der Waals surface area contributed by atoms with Crippen LogP contribution in [0.15, 0.2) is 24.3 Å². The van der Waals surface area contributed by atoms with E-state index in [1.807, 2.05) is 12.1 Å². The Morgan fingerprint density at radius 2 is 1.48 bits per heavy atom. The molecule has 0 spiro atoms. The van der Waals surface area contributed by atoms with Crippen LogP contribution in [0.3, 0.4) is 0 Å². The topological polar surface area (TPSA) is 15.3 Å². The molecule has 0 unspecified atom stereocenters. The van der Waals surface area contributed by atoms with Crippen LogP contribution in [0, 0.1) is 23.7 Å². The van der Waals surface area contributed by atoms with Gasteiger partial charge in [0.1, 0.15) is 0 Å². The minimum Gasteiger partial charge on any atom is -0.311 e. The largest absolute Gasteiger partial charge is 0.311 e. The lowest BCUT2D eigenvalue weighted by atomic mass is 9.54. The van der Waals surface area contributed by atoms with Crippen molar-refractivity contribution in [2.75, 3.05) is 13.1 Å². The molecule has 2 nitrogen and oxygen atoms in total. The Labute approximate surface area is 157 Å². The Balaban J connectivity index is 1.13. The van der Waals surface area contributed by atoms with Crippen LogP contribution in [-0.4, -0.2) is 30.1 Å². The summed E-state index contributed by atoms with van der Waals surface area (Å²) in [5.41, 5.74) is 1.39. The molecule has 4 aliphatic carbocycles. The molecule has 5 fully saturated rings. The molecule has 0 radical (unpaired) electrons. The minimum absolute atomic E-state index is 0.754. The molecule has 0 amide bonds. The van der Waals surface area contributed by atoms with E-state index in [0.29, 0.717) is 0 Å². The van der Waals surface area contributed by atoms with Crippen molar-refractivity contribution in [1.82, 2.24) is 10.2 Å². The number of nitrogens with one attached hydrogen (secondary N) is 1. The van der Waals surface area contributed by atoms with Crippen LogP contribution in [0.4, 0.5) is 0 Å². The summed E-state index contributed by atoms with van der Waals surface area (Å²) < 4.78 is 0. The van der Waals surface area contributed by atoms with Gasteiger partial charge in [0.05, 0.1) is 0 Å². The number of rotatable bonds is 4. The fraction of sp³-hybridized carbons (Fsp3) is 0.727. The van der Waals surface area contributed by atoms with Gasteiger partial charge in [-0.15, -0.1) is 0 Å². The SMILES string of the molecule is Clc1ccc(CN2CCC(NC3C4CC5CC(C4)CC3C5)CC2)cc1. The summed E-state index contributed by atoms with van der Waals surface area (Å²) in [4.78, 5) is 2.61. The van der Waals surface area contributed by atoms with Crippen molar-refractivity contribution >= 4 is 11.6 Å². The molecule has 6 rings (SSSR count). The molecule has 1 saturated heterocycles. The lowest BCUT2D eigenvalue weighted by molar-refractivity contribution is -0.0206. The molecule has 4 bridgehead atoms. The lowest BCUT2D eigenvalue weighted by Crippen LogP contribution is -2.58. The third kappa shape index (κ3) is 3.50. The Morgan fingerprint density at radius 1 is 0.880 bits per heavy atom. The van der Waals surface area contributed by atoms with E-state index in [-0.39, 0.29) is 0 Å². The molecule has 3 heteroatoms. The Bertz CT molecular complexity index is 563. The first-order chi connectivity index (χ1) is 12.2. The highest BCUT2D eigenvalue weighted by Crippen LogP contribution is 2.53. The maximum absolute atomic E-state index is 6.00. The van der Waals surface area contributed by atoms with Gasteiger partial charge in [-0.2, -0.15) is 0 Å². The number of benzene rings is 1. The Morgan fingerprint density at radius 3 is 2.08 bits per heavy atom. The zero-order valence-corrected chi connectivity index (χ0v) is 15.9. The van der Waals surface area contributed by atoms with E-state index < -0.39 is 0 Å². The molecule has 1 aromatic rings. The van der Waals surface area contributed by atoms with Crippen molar-refractivity contribution in [3.8, 4) is 0 Å². The van der Waals surface area contributed by atoms with Gasteiger partial charge in [-0.05, 0) is 99.4 Å². The van der Waals surface area contributed by atoms with Crippen molar-refractivity contribution in [1.29, 1.82) is 0 Å². The molecule has 0 aromatic heterocycles.